The van der Waals surface area contributed by atoms with E-state index >= 15 is 0 Å². The molecular weight excluding hydrogens is 424 g/mol. The molecule has 1 unspecified atom stereocenters. The molecule has 5 rings (SSSR count). The predicted molar refractivity (Wildman–Crippen MR) is 135 cm³/mol. The van der Waals surface area contributed by atoms with E-state index < -0.39 is 0 Å². The van der Waals surface area contributed by atoms with Crippen LogP contribution in [0.5, 0.6) is 5.75 Å². The minimum absolute atomic E-state index is 0.139. The normalized spacial score (nSPS) is 21.1. The summed E-state index contributed by atoms with van der Waals surface area (Å²) in [5.74, 6) is 2.72. The van der Waals surface area contributed by atoms with Crippen molar-refractivity contribution < 1.29 is 9.53 Å². The van der Waals surface area contributed by atoms with E-state index in [2.05, 4.69) is 57.4 Å². The van der Waals surface area contributed by atoms with Crippen LogP contribution in [0.2, 0.25) is 0 Å². The highest BCUT2D eigenvalue weighted by Gasteiger charge is 2.28. The minimum atomic E-state index is 0.139. The average Bonchev–Trinajstić information content (AvgIpc) is 3.72. The molecule has 3 aliphatic rings. The van der Waals surface area contributed by atoms with Gasteiger partial charge in [-0.1, -0.05) is 25.1 Å². The van der Waals surface area contributed by atoms with Crippen molar-refractivity contribution in [2.75, 3.05) is 24.6 Å². The molecule has 1 saturated heterocycles. The van der Waals surface area contributed by atoms with Crippen molar-refractivity contribution in [3.8, 4) is 5.75 Å². The molecule has 2 aromatic rings. The van der Waals surface area contributed by atoms with Crippen LogP contribution >= 0.6 is 0 Å². The van der Waals surface area contributed by atoms with Crippen LogP contribution in [0.3, 0.4) is 0 Å². The Balaban J connectivity index is 1.06. The SMILES string of the molecule is CCc1cnc(N2CCC(COc3ccc(C4=CCC(C(=O)NC5CC5)CC4)cc3)CC2)nc1. The van der Waals surface area contributed by atoms with Crippen molar-refractivity contribution >= 4 is 17.4 Å². The molecule has 1 aromatic heterocycles. The molecule has 0 spiro atoms. The molecule has 6 heteroatoms. The Bertz CT molecular complexity index is 990. The van der Waals surface area contributed by atoms with Gasteiger partial charge in [0, 0.05) is 37.4 Å². The quantitative estimate of drug-likeness (QED) is 0.613. The first-order valence-corrected chi connectivity index (χ1v) is 13.0. The number of carbonyl (C=O) groups excluding carboxylic acids is 1. The summed E-state index contributed by atoms with van der Waals surface area (Å²) >= 11 is 0. The summed E-state index contributed by atoms with van der Waals surface area (Å²) in [5.41, 5.74) is 3.78. The van der Waals surface area contributed by atoms with Gasteiger partial charge in [-0.3, -0.25) is 4.79 Å². The molecular formula is C28H36N4O2. The number of anilines is 1. The Kier molecular flexibility index (Phi) is 7.12. The highest BCUT2D eigenvalue weighted by molar-refractivity contribution is 5.81. The maximum absolute atomic E-state index is 12.3. The van der Waals surface area contributed by atoms with Crippen molar-refractivity contribution in [3.05, 3.63) is 53.9 Å². The lowest BCUT2D eigenvalue weighted by molar-refractivity contribution is -0.125. The maximum Gasteiger partial charge on any atom is 0.225 e. The molecule has 180 valence electrons. The summed E-state index contributed by atoms with van der Waals surface area (Å²) in [6, 6.07) is 8.93. The van der Waals surface area contributed by atoms with Crippen LogP contribution in [0.4, 0.5) is 5.95 Å². The zero-order valence-electron chi connectivity index (χ0n) is 20.2. The molecule has 1 N–H and O–H groups in total. The number of allylic oxidation sites excluding steroid dienone is 2. The third kappa shape index (κ3) is 5.78. The number of aromatic nitrogens is 2. The van der Waals surface area contributed by atoms with Crippen molar-refractivity contribution in [2.45, 2.75) is 64.3 Å². The Morgan fingerprint density at radius 1 is 1.06 bits per heavy atom. The molecule has 6 nitrogen and oxygen atoms in total. The van der Waals surface area contributed by atoms with E-state index in [1.54, 1.807) is 0 Å². The van der Waals surface area contributed by atoms with Gasteiger partial charge < -0.3 is 15.0 Å². The van der Waals surface area contributed by atoms with E-state index in [1.807, 2.05) is 12.4 Å². The predicted octanol–water partition coefficient (Wildman–Crippen LogP) is 4.80. The lowest BCUT2D eigenvalue weighted by atomic mass is 9.86. The minimum Gasteiger partial charge on any atom is -0.493 e. The molecule has 2 heterocycles. The summed E-state index contributed by atoms with van der Waals surface area (Å²) < 4.78 is 6.13. The standard InChI is InChI=1S/C28H36N4O2/c1-2-20-17-29-28(30-18-20)32-15-13-21(14-16-32)19-34-26-11-7-23(8-12-26)22-3-5-24(6-4-22)27(33)31-25-9-10-25/h3,7-8,11-12,17-18,21,24-25H,2,4-6,9-10,13-16,19H2,1H3,(H,31,33). The molecule has 0 bridgehead atoms. The zero-order chi connectivity index (χ0) is 23.3. The van der Waals surface area contributed by atoms with E-state index in [1.165, 1.54) is 16.7 Å². The maximum atomic E-state index is 12.3. The third-order valence-electron chi connectivity index (χ3n) is 7.41. The Morgan fingerprint density at radius 3 is 2.41 bits per heavy atom. The number of hydrogen-bond donors (Lipinski definition) is 1. The first-order valence-electron chi connectivity index (χ1n) is 13.0. The molecule has 1 aromatic carbocycles. The molecule has 0 radical (unpaired) electrons. The van der Waals surface area contributed by atoms with Gasteiger partial charge in [-0.25, -0.2) is 9.97 Å². The number of carbonyl (C=O) groups is 1. The summed E-state index contributed by atoms with van der Waals surface area (Å²) in [6.07, 6.45) is 14.3. The van der Waals surface area contributed by atoms with Gasteiger partial charge in [0.05, 0.1) is 6.61 Å². The fraction of sp³-hybridized carbons (Fsp3) is 0.536. The first kappa shape index (κ1) is 22.9. The van der Waals surface area contributed by atoms with Crippen LogP contribution in [0.15, 0.2) is 42.7 Å². The highest BCUT2D eigenvalue weighted by atomic mass is 16.5. The number of benzene rings is 1. The topological polar surface area (TPSA) is 67.4 Å². The van der Waals surface area contributed by atoms with E-state index in [4.69, 9.17) is 4.74 Å². The summed E-state index contributed by atoms with van der Waals surface area (Å²) in [6.45, 7) is 4.83. The van der Waals surface area contributed by atoms with Gasteiger partial charge in [-0.05, 0) is 86.1 Å². The van der Waals surface area contributed by atoms with E-state index in [-0.39, 0.29) is 11.8 Å². The lowest BCUT2D eigenvalue weighted by Gasteiger charge is -2.31. The van der Waals surface area contributed by atoms with Gasteiger partial charge >= 0.3 is 0 Å². The third-order valence-corrected chi connectivity index (χ3v) is 7.41. The average molecular weight is 461 g/mol. The van der Waals surface area contributed by atoms with Gasteiger partial charge in [0.15, 0.2) is 0 Å². The van der Waals surface area contributed by atoms with Crippen LogP contribution in [0.1, 0.15) is 63.0 Å². The molecule has 34 heavy (non-hydrogen) atoms. The molecule has 1 atom stereocenters. The second kappa shape index (κ2) is 10.6. The summed E-state index contributed by atoms with van der Waals surface area (Å²) in [4.78, 5) is 23.6. The fourth-order valence-corrected chi connectivity index (χ4v) is 4.85. The van der Waals surface area contributed by atoms with Gasteiger partial charge in [0.1, 0.15) is 5.75 Å². The van der Waals surface area contributed by atoms with E-state index in [0.717, 1.165) is 82.8 Å². The zero-order valence-corrected chi connectivity index (χ0v) is 20.2. The second-order valence-electron chi connectivity index (χ2n) is 9.99. The van der Waals surface area contributed by atoms with Crippen LogP contribution in [-0.2, 0) is 11.2 Å². The Morgan fingerprint density at radius 2 is 1.79 bits per heavy atom. The van der Waals surface area contributed by atoms with Crippen molar-refractivity contribution in [1.82, 2.24) is 15.3 Å². The van der Waals surface area contributed by atoms with E-state index in [0.29, 0.717) is 12.0 Å². The highest BCUT2D eigenvalue weighted by Crippen LogP contribution is 2.32. The molecule has 2 aliphatic carbocycles. The number of nitrogens with one attached hydrogen (secondary N) is 1. The van der Waals surface area contributed by atoms with Crippen molar-refractivity contribution in [2.24, 2.45) is 11.8 Å². The fourth-order valence-electron chi connectivity index (χ4n) is 4.85. The number of aryl methyl sites for hydroxylation is 1. The van der Waals surface area contributed by atoms with Gasteiger partial charge in [-0.15, -0.1) is 0 Å². The van der Waals surface area contributed by atoms with Crippen LogP contribution in [-0.4, -0.2) is 41.6 Å². The monoisotopic (exact) mass is 460 g/mol. The van der Waals surface area contributed by atoms with Gasteiger partial charge in [-0.2, -0.15) is 0 Å². The first-order chi connectivity index (χ1) is 16.7. The van der Waals surface area contributed by atoms with Crippen LogP contribution < -0.4 is 15.0 Å². The van der Waals surface area contributed by atoms with Gasteiger partial charge in [0.25, 0.3) is 0 Å². The number of hydrogen-bond acceptors (Lipinski definition) is 5. The second-order valence-corrected chi connectivity index (χ2v) is 9.99. The van der Waals surface area contributed by atoms with Gasteiger partial charge in [0.2, 0.25) is 11.9 Å². The van der Waals surface area contributed by atoms with Crippen LogP contribution in [0.25, 0.3) is 5.57 Å². The number of amides is 1. The Hall–Kier alpha value is -2.89. The number of nitrogens with zero attached hydrogens (tertiary/aromatic N) is 3. The lowest BCUT2D eigenvalue weighted by Crippen LogP contribution is -2.36. The summed E-state index contributed by atoms with van der Waals surface area (Å²) in [7, 11) is 0. The summed E-state index contributed by atoms with van der Waals surface area (Å²) in [5, 5.41) is 3.15. The van der Waals surface area contributed by atoms with Crippen LogP contribution in [0, 0.1) is 11.8 Å². The van der Waals surface area contributed by atoms with Crippen molar-refractivity contribution in [1.29, 1.82) is 0 Å². The molecule has 2 fully saturated rings. The smallest absolute Gasteiger partial charge is 0.225 e. The Labute approximate surface area is 202 Å². The molecule has 1 amide bonds. The molecule has 1 saturated carbocycles. The van der Waals surface area contributed by atoms with Crippen molar-refractivity contribution in [3.63, 3.8) is 0 Å². The molecule has 1 aliphatic heterocycles. The number of piperidine rings is 1. The number of ether oxygens (including phenoxy) is 1. The largest absolute Gasteiger partial charge is 0.493 e. The number of rotatable bonds is 8. The van der Waals surface area contributed by atoms with E-state index in [9.17, 15) is 4.79 Å².